The average molecular weight is 252 g/mol. The maximum atomic E-state index is 12.0. The Balaban J connectivity index is 2.10. The van der Waals surface area contributed by atoms with Gasteiger partial charge in [-0.1, -0.05) is 19.3 Å². The summed E-state index contributed by atoms with van der Waals surface area (Å²) in [7, 11) is 1.56. The van der Waals surface area contributed by atoms with Gasteiger partial charge >= 0.3 is 5.69 Å². The average Bonchev–Trinajstić information content (AvgIpc) is 2.73. The Morgan fingerprint density at radius 2 is 2.17 bits per heavy atom. The van der Waals surface area contributed by atoms with E-state index >= 15 is 0 Å². The van der Waals surface area contributed by atoms with Crippen LogP contribution in [0.15, 0.2) is 6.20 Å². The molecule has 1 amide bonds. The van der Waals surface area contributed by atoms with Crippen molar-refractivity contribution >= 4 is 11.6 Å². The van der Waals surface area contributed by atoms with E-state index in [9.17, 15) is 14.9 Å². The van der Waals surface area contributed by atoms with E-state index in [2.05, 4.69) is 10.4 Å². The van der Waals surface area contributed by atoms with Gasteiger partial charge in [-0.3, -0.25) is 19.6 Å². The fraction of sp³-hybridized carbons (Fsp3) is 0.636. The number of amides is 1. The molecule has 7 heteroatoms. The highest BCUT2D eigenvalue weighted by molar-refractivity contribution is 5.96. The largest absolute Gasteiger partial charge is 0.348 e. The number of carbonyl (C=O) groups excluding carboxylic acids is 1. The van der Waals surface area contributed by atoms with E-state index in [1.165, 1.54) is 17.3 Å². The highest BCUT2D eigenvalue weighted by Crippen LogP contribution is 2.20. The Morgan fingerprint density at radius 1 is 1.50 bits per heavy atom. The van der Waals surface area contributed by atoms with E-state index in [1.807, 2.05) is 0 Å². The van der Waals surface area contributed by atoms with Gasteiger partial charge in [-0.05, 0) is 12.8 Å². The first-order chi connectivity index (χ1) is 8.58. The Bertz CT molecular complexity index is 463. The molecule has 1 aliphatic rings. The number of nitro groups is 1. The monoisotopic (exact) mass is 252 g/mol. The minimum absolute atomic E-state index is 0.104. The molecular weight excluding hydrogens is 236 g/mol. The number of hydrogen-bond donors (Lipinski definition) is 1. The summed E-state index contributed by atoms with van der Waals surface area (Å²) in [5.74, 6) is -0.450. The van der Waals surface area contributed by atoms with Crippen molar-refractivity contribution in [3.63, 3.8) is 0 Å². The Labute approximate surface area is 104 Å². The van der Waals surface area contributed by atoms with E-state index in [0.29, 0.717) is 0 Å². The van der Waals surface area contributed by atoms with Crippen molar-refractivity contribution in [2.24, 2.45) is 7.05 Å². The van der Waals surface area contributed by atoms with E-state index < -0.39 is 10.8 Å². The summed E-state index contributed by atoms with van der Waals surface area (Å²) in [5, 5.41) is 17.5. The lowest BCUT2D eigenvalue weighted by Crippen LogP contribution is -2.36. The molecule has 2 rings (SSSR count). The number of hydrogen-bond acceptors (Lipinski definition) is 4. The molecule has 0 aromatic carbocycles. The van der Waals surface area contributed by atoms with Crippen molar-refractivity contribution < 1.29 is 9.72 Å². The predicted octanol–water partition coefficient (Wildman–Crippen LogP) is 1.39. The highest BCUT2D eigenvalue weighted by atomic mass is 16.6. The lowest BCUT2D eigenvalue weighted by molar-refractivity contribution is -0.385. The molecule has 1 aromatic heterocycles. The summed E-state index contributed by atoms with van der Waals surface area (Å²) >= 11 is 0. The van der Waals surface area contributed by atoms with Crippen LogP contribution in [0, 0.1) is 10.1 Å². The normalized spacial score (nSPS) is 16.5. The van der Waals surface area contributed by atoms with Gasteiger partial charge in [0.2, 0.25) is 5.69 Å². The van der Waals surface area contributed by atoms with Crippen LogP contribution in [0.5, 0.6) is 0 Å². The Hall–Kier alpha value is -1.92. The number of aryl methyl sites for hydroxylation is 1. The lowest BCUT2D eigenvalue weighted by Gasteiger charge is -2.22. The van der Waals surface area contributed by atoms with E-state index in [-0.39, 0.29) is 17.4 Å². The smallest absolute Gasteiger partial charge is 0.320 e. The van der Waals surface area contributed by atoms with E-state index in [0.717, 1.165) is 25.7 Å². The van der Waals surface area contributed by atoms with Crippen molar-refractivity contribution in [2.75, 3.05) is 0 Å². The maximum absolute atomic E-state index is 12.0. The van der Waals surface area contributed by atoms with Crippen LogP contribution >= 0.6 is 0 Å². The molecular formula is C11H16N4O3. The molecule has 7 nitrogen and oxygen atoms in total. The van der Waals surface area contributed by atoms with Crippen LogP contribution in [-0.2, 0) is 7.05 Å². The minimum Gasteiger partial charge on any atom is -0.348 e. The summed E-state index contributed by atoms with van der Waals surface area (Å²) in [6.07, 6.45) is 6.50. The first-order valence-electron chi connectivity index (χ1n) is 6.07. The third-order valence-electron chi connectivity index (χ3n) is 3.16. The van der Waals surface area contributed by atoms with Crippen molar-refractivity contribution in [2.45, 2.75) is 38.1 Å². The number of nitrogens with zero attached hydrogens (tertiary/aromatic N) is 3. The van der Waals surface area contributed by atoms with E-state index in [4.69, 9.17) is 0 Å². The van der Waals surface area contributed by atoms with Crippen LogP contribution in [0.4, 0.5) is 5.69 Å². The molecule has 0 bridgehead atoms. The van der Waals surface area contributed by atoms with Crippen LogP contribution < -0.4 is 5.32 Å². The van der Waals surface area contributed by atoms with Crippen molar-refractivity contribution in [3.8, 4) is 0 Å². The van der Waals surface area contributed by atoms with Gasteiger partial charge in [0.15, 0.2) is 0 Å². The number of nitrogens with one attached hydrogen (secondary N) is 1. The van der Waals surface area contributed by atoms with E-state index in [1.54, 1.807) is 7.05 Å². The molecule has 1 N–H and O–H groups in total. The Kier molecular flexibility index (Phi) is 3.59. The molecule has 0 aliphatic heterocycles. The van der Waals surface area contributed by atoms with Crippen molar-refractivity contribution in [1.82, 2.24) is 15.1 Å². The summed E-state index contributed by atoms with van der Waals surface area (Å²) in [4.78, 5) is 22.2. The van der Waals surface area contributed by atoms with Crippen LogP contribution in [0.2, 0.25) is 0 Å². The van der Waals surface area contributed by atoms with Crippen LogP contribution in [0.25, 0.3) is 0 Å². The second kappa shape index (κ2) is 5.16. The second-order valence-corrected chi connectivity index (χ2v) is 4.60. The zero-order valence-electron chi connectivity index (χ0n) is 10.3. The van der Waals surface area contributed by atoms with Gasteiger partial charge in [0.1, 0.15) is 6.20 Å². The maximum Gasteiger partial charge on any atom is 0.320 e. The van der Waals surface area contributed by atoms with Crippen molar-refractivity contribution in [1.29, 1.82) is 0 Å². The molecule has 1 aromatic rings. The van der Waals surface area contributed by atoms with Crippen LogP contribution in [-0.4, -0.2) is 26.7 Å². The van der Waals surface area contributed by atoms with Crippen LogP contribution in [0.3, 0.4) is 0 Å². The van der Waals surface area contributed by atoms with Gasteiger partial charge in [-0.15, -0.1) is 0 Å². The molecule has 0 radical (unpaired) electrons. The summed E-state index contributed by atoms with van der Waals surface area (Å²) in [5.41, 5.74) is -0.348. The van der Waals surface area contributed by atoms with Crippen LogP contribution in [0.1, 0.15) is 42.6 Å². The zero-order valence-corrected chi connectivity index (χ0v) is 10.3. The SMILES string of the molecule is Cn1cc([N+](=O)[O-])c(C(=O)NC2CCCCC2)n1. The number of aromatic nitrogens is 2. The summed E-state index contributed by atoms with van der Waals surface area (Å²) in [6, 6.07) is 0.118. The fourth-order valence-corrected chi connectivity index (χ4v) is 2.27. The Morgan fingerprint density at radius 3 is 2.78 bits per heavy atom. The number of carbonyl (C=O) groups is 1. The first kappa shape index (κ1) is 12.5. The van der Waals surface area contributed by atoms with Gasteiger partial charge in [0.25, 0.3) is 5.91 Å². The fourth-order valence-electron chi connectivity index (χ4n) is 2.27. The van der Waals surface area contributed by atoms with Gasteiger partial charge in [-0.2, -0.15) is 5.10 Å². The highest BCUT2D eigenvalue weighted by Gasteiger charge is 2.26. The quantitative estimate of drug-likeness (QED) is 0.650. The molecule has 0 unspecified atom stereocenters. The molecule has 98 valence electrons. The summed E-state index contributed by atoms with van der Waals surface area (Å²) in [6.45, 7) is 0. The summed E-state index contributed by atoms with van der Waals surface area (Å²) < 4.78 is 1.29. The van der Waals surface area contributed by atoms with Gasteiger partial charge < -0.3 is 5.32 Å². The molecule has 1 saturated carbocycles. The van der Waals surface area contributed by atoms with Gasteiger partial charge in [-0.25, -0.2) is 0 Å². The standard InChI is InChI=1S/C11H16N4O3/c1-14-7-9(15(17)18)10(13-14)11(16)12-8-5-3-2-4-6-8/h7-8H,2-6H2,1H3,(H,12,16). The predicted molar refractivity (Wildman–Crippen MR) is 64.2 cm³/mol. The minimum atomic E-state index is -0.581. The first-order valence-corrected chi connectivity index (χ1v) is 6.07. The molecule has 0 atom stereocenters. The zero-order chi connectivity index (χ0) is 13.1. The van der Waals surface area contributed by atoms with Gasteiger partial charge in [0, 0.05) is 13.1 Å². The van der Waals surface area contributed by atoms with Crippen molar-refractivity contribution in [3.05, 3.63) is 22.0 Å². The molecule has 0 spiro atoms. The van der Waals surface area contributed by atoms with Gasteiger partial charge in [0.05, 0.1) is 4.92 Å². The molecule has 0 saturated heterocycles. The molecule has 1 fully saturated rings. The molecule has 18 heavy (non-hydrogen) atoms. The molecule has 1 heterocycles. The number of rotatable bonds is 3. The lowest BCUT2D eigenvalue weighted by atomic mass is 9.95. The third-order valence-corrected chi connectivity index (χ3v) is 3.16. The third kappa shape index (κ3) is 2.66. The topological polar surface area (TPSA) is 90.1 Å². The second-order valence-electron chi connectivity index (χ2n) is 4.60. The molecule has 1 aliphatic carbocycles.